The van der Waals surface area contributed by atoms with E-state index in [1.807, 2.05) is 10.6 Å². The molecule has 1 saturated carbocycles. The highest BCUT2D eigenvalue weighted by molar-refractivity contribution is 5.96. The summed E-state index contributed by atoms with van der Waals surface area (Å²) in [6, 6.07) is 4.06. The molecule has 0 bridgehead atoms. The Kier molecular flexibility index (Phi) is 3.03. The van der Waals surface area contributed by atoms with Crippen LogP contribution >= 0.6 is 0 Å². The number of rotatable bonds is 5. The molecular weight excluding hydrogens is 242 g/mol. The average molecular weight is 257 g/mol. The first kappa shape index (κ1) is 11.9. The van der Waals surface area contributed by atoms with Gasteiger partial charge in [-0.15, -0.1) is 0 Å². The van der Waals surface area contributed by atoms with Crippen molar-refractivity contribution in [3.8, 4) is 0 Å². The number of nitrogens with one attached hydrogen (secondary N) is 1. The fraction of sp³-hybridized carbons (Fsp3) is 0.357. The van der Waals surface area contributed by atoms with E-state index in [1.165, 1.54) is 0 Å². The van der Waals surface area contributed by atoms with Crippen molar-refractivity contribution < 1.29 is 9.59 Å². The van der Waals surface area contributed by atoms with Gasteiger partial charge in [-0.3, -0.25) is 9.59 Å². The fourth-order valence-electron chi connectivity index (χ4n) is 2.16. The molecule has 0 saturated heterocycles. The maximum absolute atomic E-state index is 11.7. The average Bonchev–Trinajstić information content (AvgIpc) is 3.16. The molecule has 0 aromatic carbocycles. The standard InChI is InChI=1S/C14H15N3O2/c18-9-10-8-17(14-12(10)2-1-6-15-14)7-5-13(19)16-11-3-4-11/h1-2,6,8-9,11H,3-5,7H2,(H,16,19). The summed E-state index contributed by atoms with van der Waals surface area (Å²) in [6.45, 7) is 0.542. The van der Waals surface area contributed by atoms with Crippen molar-refractivity contribution in [1.29, 1.82) is 0 Å². The van der Waals surface area contributed by atoms with Crippen LogP contribution in [0.5, 0.6) is 0 Å². The topological polar surface area (TPSA) is 64.0 Å². The minimum absolute atomic E-state index is 0.0629. The van der Waals surface area contributed by atoms with Crippen LogP contribution in [0.1, 0.15) is 29.6 Å². The van der Waals surface area contributed by atoms with Crippen molar-refractivity contribution >= 4 is 23.2 Å². The second-order valence-corrected chi connectivity index (χ2v) is 4.86. The molecule has 0 spiro atoms. The smallest absolute Gasteiger partial charge is 0.222 e. The molecule has 1 aliphatic rings. The van der Waals surface area contributed by atoms with E-state index in [9.17, 15) is 9.59 Å². The first-order valence-electron chi connectivity index (χ1n) is 6.46. The molecule has 19 heavy (non-hydrogen) atoms. The molecule has 2 aromatic heterocycles. The first-order chi connectivity index (χ1) is 9.28. The van der Waals surface area contributed by atoms with Gasteiger partial charge in [-0.1, -0.05) is 0 Å². The van der Waals surface area contributed by atoms with Gasteiger partial charge in [-0.25, -0.2) is 4.98 Å². The summed E-state index contributed by atoms with van der Waals surface area (Å²) in [6.07, 6.45) is 6.87. The zero-order chi connectivity index (χ0) is 13.2. The number of nitrogens with zero attached hydrogens (tertiary/aromatic N) is 2. The molecule has 2 heterocycles. The zero-order valence-electron chi connectivity index (χ0n) is 10.5. The van der Waals surface area contributed by atoms with E-state index >= 15 is 0 Å². The van der Waals surface area contributed by atoms with Gasteiger partial charge in [0.1, 0.15) is 5.65 Å². The van der Waals surface area contributed by atoms with E-state index in [2.05, 4.69) is 10.3 Å². The van der Waals surface area contributed by atoms with Crippen LogP contribution in [-0.2, 0) is 11.3 Å². The lowest BCUT2D eigenvalue weighted by molar-refractivity contribution is -0.121. The number of hydrogen-bond acceptors (Lipinski definition) is 3. The van der Waals surface area contributed by atoms with E-state index in [0.29, 0.717) is 24.6 Å². The van der Waals surface area contributed by atoms with Gasteiger partial charge >= 0.3 is 0 Å². The minimum Gasteiger partial charge on any atom is -0.353 e. The third-order valence-corrected chi connectivity index (χ3v) is 3.31. The first-order valence-corrected chi connectivity index (χ1v) is 6.46. The van der Waals surface area contributed by atoms with Crippen LogP contribution in [0.4, 0.5) is 0 Å². The maximum Gasteiger partial charge on any atom is 0.222 e. The third-order valence-electron chi connectivity index (χ3n) is 3.31. The largest absolute Gasteiger partial charge is 0.353 e. The lowest BCUT2D eigenvalue weighted by Gasteiger charge is -2.05. The minimum atomic E-state index is 0.0629. The molecular formula is C14H15N3O2. The molecule has 5 nitrogen and oxygen atoms in total. The Morgan fingerprint density at radius 1 is 1.53 bits per heavy atom. The van der Waals surface area contributed by atoms with Crippen LogP contribution in [0.25, 0.3) is 11.0 Å². The highest BCUT2D eigenvalue weighted by Crippen LogP contribution is 2.20. The summed E-state index contributed by atoms with van der Waals surface area (Å²) < 4.78 is 1.87. The number of hydrogen-bond donors (Lipinski definition) is 1. The number of carbonyl (C=O) groups excluding carboxylic acids is 2. The Balaban J connectivity index is 1.76. The third kappa shape index (κ3) is 2.50. The predicted molar refractivity (Wildman–Crippen MR) is 70.9 cm³/mol. The van der Waals surface area contributed by atoms with Crippen molar-refractivity contribution in [1.82, 2.24) is 14.9 Å². The normalized spacial score (nSPS) is 14.5. The molecule has 1 fully saturated rings. The Hall–Kier alpha value is -2.17. The van der Waals surface area contributed by atoms with Crippen LogP contribution in [0.15, 0.2) is 24.5 Å². The molecule has 1 amide bonds. The Morgan fingerprint density at radius 3 is 3.11 bits per heavy atom. The number of pyridine rings is 1. The van der Waals surface area contributed by atoms with Crippen molar-refractivity contribution in [2.75, 3.05) is 0 Å². The molecule has 3 rings (SSSR count). The quantitative estimate of drug-likeness (QED) is 0.826. The fourth-order valence-corrected chi connectivity index (χ4v) is 2.16. The van der Waals surface area contributed by atoms with Crippen molar-refractivity contribution in [2.24, 2.45) is 0 Å². The summed E-state index contributed by atoms with van der Waals surface area (Å²) in [5.41, 5.74) is 1.37. The van der Waals surface area contributed by atoms with Gasteiger partial charge in [0.15, 0.2) is 6.29 Å². The van der Waals surface area contributed by atoms with Crippen LogP contribution in [0.3, 0.4) is 0 Å². The molecule has 1 N–H and O–H groups in total. The van der Waals surface area contributed by atoms with Gasteiger partial charge in [-0.05, 0) is 25.0 Å². The summed E-state index contributed by atoms with van der Waals surface area (Å²) in [7, 11) is 0. The molecule has 2 aromatic rings. The molecule has 1 aliphatic carbocycles. The van der Waals surface area contributed by atoms with Gasteiger partial charge in [0, 0.05) is 42.4 Å². The SMILES string of the molecule is O=Cc1cn(CCC(=O)NC2CC2)c2ncccc12. The van der Waals surface area contributed by atoms with Crippen molar-refractivity contribution in [3.05, 3.63) is 30.1 Å². The van der Waals surface area contributed by atoms with E-state index in [1.54, 1.807) is 18.5 Å². The van der Waals surface area contributed by atoms with E-state index in [-0.39, 0.29) is 5.91 Å². The van der Waals surface area contributed by atoms with Gasteiger partial charge in [-0.2, -0.15) is 0 Å². The van der Waals surface area contributed by atoms with Crippen LogP contribution < -0.4 is 5.32 Å². The monoisotopic (exact) mass is 257 g/mol. The van der Waals surface area contributed by atoms with Gasteiger partial charge < -0.3 is 9.88 Å². The zero-order valence-corrected chi connectivity index (χ0v) is 10.5. The summed E-state index contributed by atoms with van der Waals surface area (Å²) >= 11 is 0. The number of carbonyl (C=O) groups is 2. The van der Waals surface area contributed by atoms with Crippen molar-refractivity contribution in [2.45, 2.75) is 31.8 Å². The number of amides is 1. The van der Waals surface area contributed by atoms with Crippen molar-refractivity contribution in [3.63, 3.8) is 0 Å². The summed E-state index contributed by atoms with van der Waals surface area (Å²) in [4.78, 5) is 26.9. The molecule has 0 atom stereocenters. The van der Waals surface area contributed by atoms with Crippen LogP contribution in [0.2, 0.25) is 0 Å². The van der Waals surface area contributed by atoms with Gasteiger partial charge in [0.2, 0.25) is 5.91 Å². The van der Waals surface area contributed by atoms with E-state index < -0.39 is 0 Å². The highest BCUT2D eigenvalue weighted by atomic mass is 16.1. The predicted octanol–water partition coefficient (Wildman–Crippen LogP) is 1.52. The van der Waals surface area contributed by atoms with Crippen LogP contribution in [-0.4, -0.2) is 27.8 Å². The van der Waals surface area contributed by atoms with Crippen LogP contribution in [0, 0.1) is 0 Å². The van der Waals surface area contributed by atoms with Gasteiger partial charge in [0.05, 0.1) is 0 Å². The molecule has 5 heteroatoms. The molecule has 0 radical (unpaired) electrons. The molecule has 0 unspecified atom stereocenters. The number of aryl methyl sites for hydroxylation is 1. The number of fused-ring (bicyclic) bond motifs is 1. The summed E-state index contributed by atoms with van der Waals surface area (Å²) in [5, 5.41) is 3.78. The Morgan fingerprint density at radius 2 is 2.37 bits per heavy atom. The molecule has 0 aliphatic heterocycles. The Bertz CT molecular complexity index is 629. The second kappa shape index (κ2) is 4.84. The maximum atomic E-state index is 11.7. The lowest BCUT2D eigenvalue weighted by atomic mass is 10.2. The second-order valence-electron chi connectivity index (χ2n) is 4.86. The molecule has 98 valence electrons. The van der Waals surface area contributed by atoms with E-state index in [0.717, 1.165) is 30.2 Å². The lowest BCUT2D eigenvalue weighted by Crippen LogP contribution is -2.26. The number of aldehydes is 1. The highest BCUT2D eigenvalue weighted by Gasteiger charge is 2.23. The summed E-state index contributed by atoms with van der Waals surface area (Å²) in [5.74, 6) is 0.0629. The number of aromatic nitrogens is 2. The van der Waals surface area contributed by atoms with E-state index in [4.69, 9.17) is 0 Å². The van der Waals surface area contributed by atoms with Gasteiger partial charge in [0.25, 0.3) is 0 Å². The Labute approximate surface area is 110 Å².